The van der Waals surface area contributed by atoms with E-state index in [1.165, 1.54) is 0 Å². The van der Waals surface area contributed by atoms with Crippen molar-refractivity contribution in [3.05, 3.63) is 22.2 Å². The number of methoxy groups -OCH3 is 2. The van der Waals surface area contributed by atoms with Crippen LogP contribution in [0.1, 0.15) is 19.4 Å². The first-order valence-corrected chi connectivity index (χ1v) is 7.14. The van der Waals surface area contributed by atoms with Crippen LogP contribution in [0.4, 0.5) is 0 Å². The van der Waals surface area contributed by atoms with Crippen LogP contribution in [0.3, 0.4) is 0 Å². The van der Waals surface area contributed by atoms with Crippen molar-refractivity contribution in [2.75, 3.05) is 27.4 Å². The lowest BCUT2D eigenvalue weighted by Gasteiger charge is -2.18. The van der Waals surface area contributed by atoms with Gasteiger partial charge < -0.3 is 19.5 Å². The van der Waals surface area contributed by atoms with Crippen molar-refractivity contribution in [2.24, 2.45) is 0 Å². The van der Waals surface area contributed by atoms with Crippen molar-refractivity contribution in [3.8, 4) is 11.5 Å². The van der Waals surface area contributed by atoms with Crippen molar-refractivity contribution in [1.29, 1.82) is 0 Å². The molecule has 1 unspecified atom stereocenters. The first kappa shape index (κ1) is 16.3. The zero-order chi connectivity index (χ0) is 14.3. The molecule has 0 aliphatic rings. The molecule has 0 aliphatic carbocycles. The highest BCUT2D eigenvalue weighted by Crippen LogP contribution is 2.37. The second kappa shape index (κ2) is 8.40. The second-order valence-corrected chi connectivity index (χ2v) is 5.13. The molecule has 0 amide bonds. The zero-order valence-electron chi connectivity index (χ0n) is 12.0. The van der Waals surface area contributed by atoms with Crippen LogP contribution in [-0.4, -0.2) is 33.5 Å². The molecule has 0 saturated carbocycles. The predicted octanol–water partition coefficient (Wildman–Crippen LogP) is 2.98. The molecule has 108 valence electrons. The van der Waals surface area contributed by atoms with E-state index in [1.54, 1.807) is 14.2 Å². The second-order valence-electron chi connectivity index (χ2n) is 4.27. The summed E-state index contributed by atoms with van der Waals surface area (Å²) in [5.41, 5.74) is 1.15. The maximum absolute atomic E-state index is 5.85. The summed E-state index contributed by atoms with van der Waals surface area (Å²) in [6.45, 7) is 6.31. The van der Waals surface area contributed by atoms with Gasteiger partial charge in [-0.25, -0.2) is 0 Å². The van der Waals surface area contributed by atoms with Crippen molar-refractivity contribution in [1.82, 2.24) is 5.32 Å². The van der Waals surface area contributed by atoms with Crippen LogP contribution in [0.5, 0.6) is 11.5 Å². The van der Waals surface area contributed by atoms with E-state index >= 15 is 0 Å². The highest BCUT2D eigenvalue weighted by molar-refractivity contribution is 9.10. The van der Waals surface area contributed by atoms with E-state index in [4.69, 9.17) is 14.2 Å². The van der Waals surface area contributed by atoms with Gasteiger partial charge in [0.15, 0.2) is 11.5 Å². The predicted molar refractivity (Wildman–Crippen MR) is 80.0 cm³/mol. The molecule has 0 fully saturated rings. The van der Waals surface area contributed by atoms with Crippen LogP contribution in [0, 0.1) is 0 Å². The summed E-state index contributed by atoms with van der Waals surface area (Å²) in [7, 11) is 3.30. The Morgan fingerprint density at radius 3 is 2.63 bits per heavy atom. The van der Waals surface area contributed by atoms with Gasteiger partial charge in [0, 0.05) is 13.7 Å². The lowest BCUT2D eigenvalue weighted by molar-refractivity contribution is 0.0894. The zero-order valence-corrected chi connectivity index (χ0v) is 13.5. The van der Waals surface area contributed by atoms with E-state index in [-0.39, 0.29) is 6.10 Å². The molecule has 1 rings (SSSR count). The molecule has 1 N–H and O–H groups in total. The summed E-state index contributed by atoms with van der Waals surface area (Å²) in [6.07, 6.45) is -0.0326. The average Bonchev–Trinajstić information content (AvgIpc) is 2.39. The Bertz CT molecular complexity index is 399. The Morgan fingerprint density at radius 2 is 2.05 bits per heavy atom. The van der Waals surface area contributed by atoms with Gasteiger partial charge in [-0.3, -0.25) is 0 Å². The number of hydrogen-bond acceptors (Lipinski definition) is 4. The third kappa shape index (κ3) is 5.01. The number of nitrogens with one attached hydrogen (secondary N) is 1. The van der Waals surface area contributed by atoms with Crippen LogP contribution >= 0.6 is 15.9 Å². The molecule has 0 heterocycles. The Labute approximate surface area is 123 Å². The molecule has 5 heteroatoms. The Morgan fingerprint density at radius 1 is 1.32 bits per heavy atom. The van der Waals surface area contributed by atoms with E-state index < -0.39 is 0 Å². The molecule has 1 aromatic rings. The van der Waals surface area contributed by atoms with Crippen molar-refractivity contribution >= 4 is 15.9 Å². The number of benzene rings is 1. The molecular formula is C14H22BrNO3. The topological polar surface area (TPSA) is 39.7 Å². The van der Waals surface area contributed by atoms with Crippen LogP contribution < -0.4 is 14.8 Å². The van der Waals surface area contributed by atoms with Crippen LogP contribution in [0.2, 0.25) is 0 Å². The molecule has 4 nitrogen and oxygen atoms in total. The standard InChI is InChI=1S/C14H22BrNO3/c1-5-16-8-11-6-12(15)14(13(7-11)18-4)19-10(2)9-17-3/h6-7,10,16H,5,8-9H2,1-4H3. The van der Waals surface area contributed by atoms with Gasteiger partial charge in [0.1, 0.15) is 6.10 Å². The summed E-state index contributed by atoms with van der Waals surface area (Å²) in [5, 5.41) is 3.29. The molecule has 0 radical (unpaired) electrons. The molecule has 0 aromatic heterocycles. The van der Waals surface area contributed by atoms with Gasteiger partial charge in [0.05, 0.1) is 18.2 Å². The van der Waals surface area contributed by atoms with Gasteiger partial charge >= 0.3 is 0 Å². The molecule has 1 aromatic carbocycles. The maximum atomic E-state index is 5.85. The van der Waals surface area contributed by atoms with Gasteiger partial charge in [-0.2, -0.15) is 0 Å². The molecule has 0 bridgehead atoms. The summed E-state index contributed by atoms with van der Waals surface area (Å²) in [6, 6.07) is 4.03. The quantitative estimate of drug-likeness (QED) is 0.794. The SMILES string of the molecule is CCNCc1cc(Br)c(OC(C)COC)c(OC)c1. The Balaban J connectivity index is 2.91. The van der Waals surface area contributed by atoms with Gasteiger partial charge in [0.2, 0.25) is 0 Å². The summed E-state index contributed by atoms with van der Waals surface area (Å²) in [5.74, 6) is 1.44. The van der Waals surface area contributed by atoms with Crippen molar-refractivity contribution < 1.29 is 14.2 Å². The van der Waals surface area contributed by atoms with Crippen molar-refractivity contribution in [2.45, 2.75) is 26.5 Å². The van der Waals surface area contributed by atoms with Gasteiger partial charge in [0.25, 0.3) is 0 Å². The number of rotatable bonds is 8. The van der Waals surface area contributed by atoms with Gasteiger partial charge in [-0.1, -0.05) is 6.92 Å². The lowest BCUT2D eigenvalue weighted by Crippen LogP contribution is -2.19. The average molecular weight is 332 g/mol. The summed E-state index contributed by atoms with van der Waals surface area (Å²) < 4.78 is 17.2. The summed E-state index contributed by atoms with van der Waals surface area (Å²) in [4.78, 5) is 0. The highest BCUT2D eigenvalue weighted by atomic mass is 79.9. The minimum absolute atomic E-state index is 0.0326. The Hall–Kier alpha value is -0.780. The highest BCUT2D eigenvalue weighted by Gasteiger charge is 2.14. The number of halogens is 1. The smallest absolute Gasteiger partial charge is 0.175 e. The molecule has 0 aliphatic heterocycles. The van der Waals surface area contributed by atoms with E-state index in [2.05, 4.69) is 28.2 Å². The first-order chi connectivity index (χ1) is 9.12. The largest absolute Gasteiger partial charge is 0.493 e. The fourth-order valence-corrected chi connectivity index (χ4v) is 2.31. The minimum atomic E-state index is -0.0326. The Kier molecular flexibility index (Phi) is 7.20. The molecule has 0 spiro atoms. The van der Waals surface area contributed by atoms with Crippen LogP contribution in [-0.2, 0) is 11.3 Å². The third-order valence-corrected chi connectivity index (χ3v) is 3.18. The fourth-order valence-electron chi connectivity index (χ4n) is 1.73. The maximum Gasteiger partial charge on any atom is 0.175 e. The minimum Gasteiger partial charge on any atom is -0.493 e. The fraction of sp³-hybridized carbons (Fsp3) is 0.571. The number of ether oxygens (including phenoxy) is 3. The normalized spacial score (nSPS) is 12.3. The third-order valence-electron chi connectivity index (χ3n) is 2.59. The lowest BCUT2D eigenvalue weighted by atomic mass is 10.2. The molecule has 0 saturated heterocycles. The molecule has 19 heavy (non-hydrogen) atoms. The summed E-state index contributed by atoms with van der Waals surface area (Å²) >= 11 is 3.54. The monoisotopic (exact) mass is 331 g/mol. The van der Waals surface area contributed by atoms with E-state index in [9.17, 15) is 0 Å². The number of hydrogen-bond donors (Lipinski definition) is 1. The molecule has 1 atom stereocenters. The van der Waals surface area contributed by atoms with Crippen molar-refractivity contribution in [3.63, 3.8) is 0 Å². The van der Waals surface area contributed by atoms with Gasteiger partial charge in [-0.05, 0) is 47.1 Å². The van der Waals surface area contributed by atoms with Gasteiger partial charge in [-0.15, -0.1) is 0 Å². The van der Waals surface area contributed by atoms with Crippen LogP contribution in [0.15, 0.2) is 16.6 Å². The van der Waals surface area contributed by atoms with Crippen LogP contribution in [0.25, 0.3) is 0 Å². The van der Waals surface area contributed by atoms with E-state index in [0.29, 0.717) is 12.4 Å². The molecular weight excluding hydrogens is 310 g/mol. The first-order valence-electron chi connectivity index (χ1n) is 6.35. The van der Waals surface area contributed by atoms with E-state index in [0.717, 1.165) is 28.9 Å². The van der Waals surface area contributed by atoms with E-state index in [1.807, 2.05) is 19.1 Å².